The van der Waals surface area contributed by atoms with Crippen molar-refractivity contribution in [1.29, 1.82) is 0 Å². The van der Waals surface area contributed by atoms with Gasteiger partial charge in [0.1, 0.15) is 0 Å². The number of hydrazone groups is 2. The Balaban J connectivity index is 1.66. The highest BCUT2D eigenvalue weighted by Crippen LogP contribution is 2.30. The topological polar surface area (TPSA) is 52.5 Å². The summed E-state index contributed by atoms with van der Waals surface area (Å²) in [5.41, 5.74) is 6.81. The Hall–Kier alpha value is -1.82. The molecule has 0 radical (unpaired) electrons. The Morgan fingerprint density at radius 3 is 3.00 bits per heavy atom. The third-order valence-electron chi connectivity index (χ3n) is 4.36. The van der Waals surface area contributed by atoms with Crippen LogP contribution >= 0.6 is 0 Å². The van der Waals surface area contributed by atoms with E-state index in [-0.39, 0.29) is 0 Å². The highest BCUT2D eigenvalue weighted by atomic mass is 16.5. The first-order valence-corrected chi connectivity index (χ1v) is 7.18. The smallest absolute Gasteiger partial charge is 0.156 e. The summed E-state index contributed by atoms with van der Waals surface area (Å²) < 4.78 is 5.46. The van der Waals surface area contributed by atoms with E-state index in [1.165, 1.54) is 11.1 Å². The van der Waals surface area contributed by atoms with Gasteiger partial charge in [-0.2, -0.15) is 10.2 Å². The highest BCUT2D eigenvalue weighted by Gasteiger charge is 2.33. The lowest BCUT2D eigenvalue weighted by Crippen LogP contribution is -2.37. The molecular formula is C14H19N5O. The number of ether oxygens (including phenoxy) is 1. The molecule has 1 saturated heterocycles. The Labute approximate surface area is 118 Å². The van der Waals surface area contributed by atoms with Gasteiger partial charge in [-0.25, -0.2) is 0 Å². The fourth-order valence-corrected chi connectivity index (χ4v) is 3.31. The van der Waals surface area contributed by atoms with Gasteiger partial charge in [0, 0.05) is 44.2 Å². The minimum atomic E-state index is 0.494. The first kappa shape index (κ1) is 12.0. The molecule has 0 aromatic rings. The van der Waals surface area contributed by atoms with E-state index >= 15 is 0 Å². The number of rotatable bonds is 1. The zero-order chi connectivity index (χ0) is 13.5. The van der Waals surface area contributed by atoms with Crippen molar-refractivity contribution < 1.29 is 4.74 Å². The second-order valence-electron chi connectivity index (χ2n) is 5.68. The maximum Gasteiger partial charge on any atom is 0.156 e. The molecule has 0 saturated carbocycles. The van der Waals surface area contributed by atoms with Gasteiger partial charge >= 0.3 is 0 Å². The lowest BCUT2D eigenvalue weighted by atomic mass is 10.0. The zero-order valence-corrected chi connectivity index (χ0v) is 11.7. The van der Waals surface area contributed by atoms with Crippen LogP contribution < -0.4 is 5.43 Å². The highest BCUT2D eigenvalue weighted by molar-refractivity contribution is 6.12. The van der Waals surface area contributed by atoms with Crippen LogP contribution in [0.2, 0.25) is 0 Å². The largest absolute Gasteiger partial charge is 0.381 e. The van der Waals surface area contributed by atoms with E-state index in [0.717, 1.165) is 50.6 Å². The molecule has 0 atom stereocenters. The first-order chi connectivity index (χ1) is 9.83. The molecule has 0 aliphatic carbocycles. The minimum absolute atomic E-state index is 0.494. The molecule has 0 aromatic heterocycles. The van der Waals surface area contributed by atoms with Crippen LogP contribution in [0, 0.1) is 0 Å². The van der Waals surface area contributed by atoms with E-state index in [4.69, 9.17) is 9.84 Å². The van der Waals surface area contributed by atoms with Crippen molar-refractivity contribution in [3.63, 3.8) is 0 Å². The van der Waals surface area contributed by atoms with Crippen molar-refractivity contribution in [2.24, 2.45) is 10.2 Å². The van der Waals surface area contributed by atoms with Gasteiger partial charge in [-0.3, -0.25) is 10.4 Å². The van der Waals surface area contributed by atoms with E-state index in [9.17, 15) is 0 Å². The SMILES string of the molecule is CN1CC2=C3C(=CNN=C31)C=NN(C1CCOCC1)C2. The van der Waals surface area contributed by atoms with Gasteiger partial charge in [-0.15, -0.1) is 0 Å². The number of nitrogens with one attached hydrogen (secondary N) is 1. The zero-order valence-electron chi connectivity index (χ0n) is 11.7. The summed E-state index contributed by atoms with van der Waals surface area (Å²) in [5.74, 6) is 1.04. The van der Waals surface area contributed by atoms with Gasteiger partial charge in [0.15, 0.2) is 5.84 Å². The average molecular weight is 273 g/mol. The quantitative estimate of drug-likeness (QED) is 0.756. The molecule has 0 spiro atoms. The minimum Gasteiger partial charge on any atom is -0.381 e. The normalized spacial score (nSPS) is 26.1. The third kappa shape index (κ3) is 1.83. The molecule has 0 bridgehead atoms. The van der Waals surface area contributed by atoms with Crippen LogP contribution in [0.5, 0.6) is 0 Å². The second kappa shape index (κ2) is 4.63. The van der Waals surface area contributed by atoms with Crippen LogP contribution in [0.4, 0.5) is 0 Å². The number of likely N-dealkylation sites (N-methyl/N-ethyl adjacent to an activating group) is 1. The van der Waals surface area contributed by atoms with Crippen molar-refractivity contribution >= 4 is 12.1 Å². The van der Waals surface area contributed by atoms with Crippen LogP contribution in [-0.4, -0.2) is 61.4 Å². The van der Waals surface area contributed by atoms with Gasteiger partial charge < -0.3 is 9.64 Å². The molecule has 0 amide bonds. The second-order valence-corrected chi connectivity index (χ2v) is 5.68. The first-order valence-electron chi connectivity index (χ1n) is 7.18. The van der Waals surface area contributed by atoms with Crippen molar-refractivity contribution in [1.82, 2.24) is 15.3 Å². The lowest BCUT2D eigenvalue weighted by Gasteiger charge is -2.32. The number of nitrogens with zero attached hydrogens (tertiary/aromatic N) is 4. The lowest BCUT2D eigenvalue weighted by molar-refractivity contribution is 0.0383. The standard InChI is InChI=1S/C14H19N5O/c1-18-8-11-9-19(12-2-4-20-5-3-12)16-7-10-6-15-17-14(18)13(10)11/h6-7,12,15H,2-5,8-9H2,1H3. The Morgan fingerprint density at radius 1 is 1.30 bits per heavy atom. The number of amidine groups is 1. The maximum absolute atomic E-state index is 5.46. The monoisotopic (exact) mass is 273 g/mol. The molecule has 20 heavy (non-hydrogen) atoms. The van der Waals surface area contributed by atoms with Gasteiger partial charge in [-0.1, -0.05) is 0 Å². The molecule has 4 rings (SSSR count). The van der Waals surface area contributed by atoms with Crippen molar-refractivity contribution in [3.05, 3.63) is 22.9 Å². The fourth-order valence-electron chi connectivity index (χ4n) is 3.31. The summed E-state index contributed by atoms with van der Waals surface area (Å²) in [6, 6.07) is 0.494. The summed E-state index contributed by atoms with van der Waals surface area (Å²) in [4.78, 5) is 2.20. The average Bonchev–Trinajstić information content (AvgIpc) is 2.69. The Bertz CT molecular complexity index is 542. The summed E-state index contributed by atoms with van der Waals surface area (Å²) in [5, 5.41) is 11.3. The fraction of sp³-hybridized carbons (Fsp3) is 0.571. The number of hydrogen-bond donors (Lipinski definition) is 1. The van der Waals surface area contributed by atoms with Crippen molar-refractivity contribution in [2.45, 2.75) is 18.9 Å². The van der Waals surface area contributed by atoms with E-state index in [2.05, 4.69) is 27.5 Å². The molecule has 106 valence electrons. The summed E-state index contributed by atoms with van der Waals surface area (Å²) in [6.45, 7) is 3.53. The summed E-state index contributed by atoms with van der Waals surface area (Å²) in [7, 11) is 2.09. The van der Waals surface area contributed by atoms with Crippen LogP contribution in [0.15, 0.2) is 33.1 Å². The number of hydrogen-bond acceptors (Lipinski definition) is 6. The molecule has 1 fully saturated rings. The predicted octanol–water partition coefficient (Wildman–Crippen LogP) is 0.509. The van der Waals surface area contributed by atoms with Crippen molar-refractivity contribution in [3.8, 4) is 0 Å². The Morgan fingerprint density at radius 2 is 2.15 bits per heavy atom. The molecule has 4 aliphatic heterocycles. The maximum atomic E-state index is 5.46. The molecular weight excluding hydrogens is 254 g/mol. The molecule has 1 N–H and O–H groups in total. The van der Waals surface area contributed by atoms with Gasteiger partial charge in [0.05, 0.1) is 18.8 Å². The van der Waals surface area contributed by atoms with Gasteiger partial charge in [0.2, 0.25) is 0 Å². The molecule has 6 nitrogen and oxygen atoms in total. The Kier molecular flexibility index (Phi) is 2.77. The molecule has 4 aliphatic rings. The van der Waals surface area contributed by atoms with E-state index < -0.39 is 0 Å². The van der Waals surface area contributed by atoms with Gasteiger partial charge in [-0.05, 0) is 18.4 Å². The predicted molar refractivity (Wildman–Crippen MR) is 77.3 cm³/mol. The van der Waals surface area contributed by atoms with E-state index in [1.54, 1.807) is 0 Å². The molecule has 6 heteroatoms. The van der Waals surface area contributed by atoms with Crippen LogP contribution in [0.25, 0.3) is 0 Å². The van der Waals surface area contributed by atoms with Crippen LogP contribution in [-0.2, 0) is 4.74 Å². The molecule has 0 aromatic carbocycles. The summed E-state index contributed by atoms with van der Waals surface area (Å²) in [6.07, 6.45) is 6.04. The molecule has 0 unspecified atom stereocenters. The van der Waals surface area contributed by atoms with Gasteiger partial charge in [0.25, 0.3) is 0 Å². The molecule has 4 heterocycles. The van der Waals surface area contributed by atoms with E-state index in [1.807, 2.05) is 12.4 Å². The summed E-state index contributed by atoms with van der Waals surface area (Å²) >= 11 is 0. The van der Waals surface area contributed by atoms with Crippen molar-refractivity contribution in [2.75, 3.05) is 33.4 Å². The van der Waals surface area contributed by atoms with E-state index in [0.29, 0.717) is 6.04 Å². The third-order valence-corrected chi connectivity index (χ3v) is 4.36. The van der Waals surface area contributed by atoms with Crippen LogP contribution in [0.1, 0.15) is 12.8 Å². The van der Waals surface area contributed by atoms with Crippen LogP contribution in [0.3, 0.4) is 0 Å².